The summed E-state index contributed by atoms with van der Waals surface area (Å²) in [5.74, 6) is 1.25. The van der Waals surface area contributed by atoms with E-state index in [9.17, 15) is 0 Å². The van der Waals surface area contributed by atoms with Crippen LogP contribution in [0.5, 0.6) is 0 Å². The summed E-state index contributed by atoms with van der Waals surface area (Å²) in [7, 11) is 0. The minimum absolute atomic E-state index is 0.282. The van der Waals surface area contributed by atoms with E-state index in [2.05, 4.69) is 23.8 Å². The van der Waals surface area contributed by atoms with Gasteiger partial charge in [-0.2, -0.15) is 11.8 Å². The predicted molar refractivity (Wildman–Crippen MR) is 72.0 cm³/mol. The second-order valence-corrected chi connectivity index (χ2v) is 5.67. The predicted octanol–water partition coefficient (Wildman–Crippen LogP) is 2.89. The van der Waals surface area contributed by atoms with Crippen molar-refractivity contribution in [3.8, 4) is 0 Å². The highest BCUT2D eigenvalue weighted by atomic mass is 32.2. The highest BCUT2D eigenvalue weighted by molar-refractivity contribution is 7.98. The number of nitrogens with two attached hydrogens (primary N) is 1. The molecule has 1 atom stereocenters. The minimum Gasteiger partial charge on any atom is -0.349 e. The van der Waals surface area contributed by atoms with E-state index in [1.807, 2.05) is 11.8 Å². The number of aromatic nitrogens is 1. The van der Waals surface area contributed by atoms with Gasteiger partial charge in [-0.1, -0.05) is 0 Å². The van der Waals surface area contributed by atoms with Gasteiger partial charge in [-0.05, 0) is 56.2 Å². The van der Waals surface area contributed by atoms with Gasteiger partial charge in [-0.15, -0.1) is 0 Å². The highest BCUT2D eigenvalue weighted by Crippen LogP contribution is 2.30. The van der Waals surface area contributed by atoms with Gasteiger partial charge in [0.1, 0.15) is 0 Å². The van der Waals surface area contributed by atoms with Crippen molar-refractivity contribution in [2.75, 3.05) is 12.0 Å². The molecule has 0 aromatic carbocycles. The largest absolute Gasteiger partial charge is 0.349 e. The summed E-state index contributed by atoms with van der Waals surface area (Å²) in [6, 6.07) is 2.59. The molecular formula is C13H22N2S. The number of aryl methyl sites for hydroxylation is 1. The molecular weight excluding hydrogens is 216 g/mol. The Balaban J connectivity index is 2.17. The zero-order chi connectivity index (χ0) is 11.5. The molecule has 2 rings (SSSR count). The Morgan fingerprint density at radius 3 is 3.12 bits per heavy atom. The first-order valence-electron chi connectivity index (χ1n) is 6.17. The molecule has 0 bridgehead atoms. The van der Waals surface area contributed by atoms with Gasteiger partial charge in [0.25, 0.3) is 0 Å². The molecule has 1 unspecified atom stereocenters. The van der Waals surface area contributed by atoms with Crippen molar-refractivity contribution in [2.24, 2.45) is 5.73 Å². The Morgan fingerprint density at radius 2 is 2.38 bits per heavy atom. The summed E-state index contributed by atoms with van der Waals surface area (Å²) in [5, 5.41) is 0. The molecule has 2 nitrogen and oxygen atoms in total. The monoisotopic (exact) mass is 238 g/mol. The normalized spacial score (nSPS) is 19.8. The molecule has 1 aliphatic rings. The van der Waals surface area contributed by atoms with E-state index in [4.69, 9.17) is 5.73 Å². The second kappa shape index (κ2) is 5.28. The van der Waals surface area contributed by atoms with E-state index in [1.54, 1.807) is 0 Å². The van der Waals surface area contributed by atoms with Gasteiger partial charge in [0, 0.05) is 24.0 Å². The zero-order valence-corrected chi connectivity index (χ0v) is 11.1. The maximum Gasteiger partial charge on any atom is 0.0313 e. The Hall–Kier alpha value is -0.410. The third kappa shape index (κ3) is 2.30. The van der Waals surface area contributed by atoms with Crippen molar-refractivity contribution < 1.29 is 0 Å². The maximum atomic E-state index is 6.17. The van der Waals surface area contributed by atoms with Crippen LogP contribution in [-0.2, 0) is 13.0 Å². The van der Waals surface area contributed by atoms with Crippen LogP contribution in [-0.4, -0.2) is 16.6 Å². The Labute approximate surface area is 103 Å². The summed E-state index contributed by atoms with van der Waals surface area (Å²) < 4.78 is 2.49. The number of nitrogens with zero attached hydrogens (tertiary/aromatic N) is 1. The third-order valence-electron chi connectivity index (χ3n) is 3.51. The summed E-state index contributed by atoms with van der Waals surface area (Å²) in [6.07, 6.45) is 7.06. The maximum absolute atomic E-state index is 6.17. The Morgan fingerprint density at radius 1 is 1.56 bits per heavy atom. The molecule has 1 aromatic rings. The fourth-order valence-electron chi connectivity index (χ4n) is 2.68. The molecule has 16 heavy (non-hydrogen) atoms. The van der Waals surface area contributed by atoms with Gasteiger partial charge in [0.2, 0.25) is 0 Å². The van der Waals surface area contributed by atoms with Crippen molar-refractivity contribution in [2.45, 2.75) is 45.2 Å². The second-order valence-electron chi connectivity index (χ2n) is 4.68. The lowest BCUT2D eigenvalue weighted by Crippen LogP contribution is -2.18. The average molecular weight is 238 g/mol. The van der Waals surface area contributed by atoms with Gasteiger partial charge < -0.3 is 10.3 Å². The molecule has 1 aromatic heterocycles. The van der Waals surface area contributed by atoms with Gasteiger partial charge >= 0.3 is 0 Å². The van der Waals surface area contributed by atoms with Gasteiger partial charge in [0.05, 0.1) is 0 Å². The lowest BCUT2D eigenvalue weighted by Gasteiger charge is -2.21. The molecule has 1 aliphatic carbocycles. The van der Waals surface area contributed by atoms with E-state index >= 15 is 0 Å². The minimum atomic E-state index is 0.282. The Kier molecular flexibility index (Phi) is 3.98. The molecule has 90 valence electrons. The van der Waals surface area contributed by atoms with Crippen LogP contribution in [0, 0.1) is 6.92 Å². The fourth-order valence-corrected chi connectivity index (χ4v) is 3.10. The van der Waals surface area contributed by atoms with Crippen LogP contribution in [0.1, 0.15) is 42.3 Å². The van der Waals surface area contributed by atoms with Gasteiger partial charge in [-0.3, -0.25) is 0 Å². The molecule has 0 amide bonds. The zero-order valence-electron chi connectivity index (χ0n) is 10.3. The van der Waals surface area contributed by atoms with E-state index in [-0.39, 0.29) is 6.04 Å². The van der Waals surface area contributed by atoms with Crippen LogP contribution < -0.4 is 5.73 Å². The number of hydrogen-bond acceptors (Lipinski definition) is 2. The van der Waals surface area contributed by atoms with Crippen LogP contribution in [0.3, 0.4) is 0 Å². The molecule has 2 N–H and O–H groups in total. The lowest BCUT2D eigenvalue weighted by molar-refractivity contribution is 0.534. The van der Waals surface area contributed by atoms with Crippen molar-refractivity contribution >= 4 is 11.8 Å². The van der Waals surface area contributed by atoms with Crippen LogP contribution in [0.15, 0.2) is 6.07 Å². The quantitative estimate of drug-likeness (QED) is 0.818. The summed E-state index contributed by atoms with van der Waals surface area (Å²) in [5.41, 5.74) is 10.5. The van der Waals surface area contributed by atoms with Crippen molar-refractivity contribution in [1.29, 1.82) is 0 Å². The third-order valence-corrected chi connectivity index (χ3v) is 4.20. The first-order chi connectivity index (χ1) is 7.74. The van der Waals surface area contributed by atoms with E-state index in [1.165, 1.54) is 42.0 Å². The van der Waals surface area contributed by atoms with Crippen LogP contribution >= 0.6 is 11.8 Å². The Bertz CT molecular complexity index is 357. The van der Waals surface area contributed by atoms with Crippen LogP contribution in [0.25, 0.3) is 0 Å². The smallest absolute Gasteiger partial charge is 0.0313 e. The summed E-state index contributed by atoms with van der Waals surface area (Å²) in [6.45, 7) is 3.37. The fraction of sp³-hybridized carbons (Fsp3) is 0.692. The van der Waals surface area contributed by atoms with E-state index < -0.39 is 0 Å². The number of thioether (sulfide) groups is 1. The molecule has 1 heterocycles. The molecule has 0 fully saturated rings. The van der Waals surface area contributed by atoms with Crippen LogP contribution in [0.4, 0.5) is 0 Å². The first-order valence-corrected chi connectivity index (χ1v) is 7.57. The van der Waals surface area contributed by atoms with Crippen molar-refractivity contribution in [1.82, 2.24) is 4.57 Å². The highest BCUT2D eigenvalue weighted by Gasteiger charge is 2.21. The number of fused-ring (bicyclic) bond motifs is 1. The molecule has 3 heteroatoms. The topological polar surface area (TPSA) is 30.9 Å². The van der Waals surface area contributed by atoms with E-state index in [0.717, 1.165) is 13.0 Å². The SMILES string of the molecule is CSCCCn1c(C)cc2c1CCCC2N. The molecule has 0 aliphatic heterocycles. The van der Waals surface area contributed by atoms with Gasteiger partial charge in [0.15, 0.2) is 0 Å². The van der Waals surface area contributed by atoms with Crippen molar-refractivity contribution in [3.63, 3.8) is 0 Å². The standard InChI is InChI=1S/C13H22N2S/c1-10-9-11-12(14)5-3-6-13(11)15(10)7-4-8-16-2/h9,12H,3-8,14H2,1-2H3. The van der Waals surface area contributed by atoms with E-state index in [0.29, 0.717) is 0 Å². The number of hydrogen-bond donors (Lipinski definition) is 1. The number of rotatable bonds is 4. The summed E-state index contributed by atoms with van der Waals surface area (Å²) >= 11 is 1.93. The molecule has 0 saturated heterocycles. The van der Waals surface area contributed by atoms with Gasteiger partial charge in [-0.25, -0.2) is 0 Å². The van der Waals surface area contributed by atoms with Crippen molar-refractivity contribution in [3.05, 3.63) is 23.0 Å². The van der Waals surface area contributed by atoms with Crippen LogP contribution in [0.2, 0.25) is 0 Å². The average Bonchev–Trinajstić information content (AvgIpc) is 2.58. The summed E-state index contributed by atoms with van der Waals surface area (Å²) in [4.78, 5) is 0. The molecule has 0 spiro atoms. The molecule has 0 saturated carbocycles. The first kappa shape index (κ1) is 12.1. The lowest BCUT2D eigenvalue weighted by atomic mass is 9.93. The molecule has 0 radical (unpaired) electrons.